The molecule has 3 fully saturated rings. The standard InChI is InChI=1S/C30H51NO2/c1-6-18-31(19-7-2)28(33)13-8-21(3)25-11-12-26-24-10-9-22-20-23(32)14-16-29(22,4)27(24)15-17-30(25,26)5/h9,21,23-27,32H,6-8,10-20H2,1-5H3/t21-,23+,24+,25-,26?,27?,29+,30-/m1/s1. The number of fused-ring (bicyclic) bond motifs is 5. The molecule has 1 amide bonds. The molecule has 3 heteroatoms. The van der Waals surface area contributed by atoms with Crippen LogP contribution in [0.3, 0.4) is 0 Å². The molecule has 0 aromatic heterocycles. The van der Waals surface area contributed by atoms with E-state index in [9.17, 15) is 9.90 Å². The molecular weight excluding hydrogens is 406 g/mol. The number of carbonyl (C=O) groups is 1. The van der Waals surface area contributed by atoms with E-state index in [1.54, 1.807) is 5.57 Å². The van der Waals surface area contributed by atoms with Crippen LogP contribution in [0.2, 0.25) is 0 Å². The summed E-state index contributed by atoms with van der Waals surface area (Å²) in [6.45, 7) is 13.8. The van der Waals surface area contributed by atoms with E-state index in [1.807, 2.05) is 0 Å². The molecule has 3 saturated carbocycles. The van der Waals surface area contributed by atoms with Gasteiger partial charge >= 0.3 is 0 Å². The van der Waals surface area contributed by atoms with Gasteiger partial charge < -0.3 is 10.0 Å². The minimum absolute atomic E-state index is 0.111. The van der Waals surface area contributed by atoms with Crippen molar-refractivity contribution in [2.24, 2.45) is 40.4 Å². The van der Waals surface area contributed by atoms with Crippen LogP contribution in [0.4, 0.5) is 0 Å². The predicted octanol–water partition coefficient (Wildman–Crippen LogP) is 6.99. The first-order valence-corrected chi connectivity index (χ1v) is 14.4. The predicted molar refractivity (Wildman–Crippen MR) is 137 cm³/mol. The van der Waals surface area contributed by atoms with Crippen LogP contribution in [-0.4, -0.2) is 35.1 Å². The van der Waals surface area contributed by atoms with Crippen molar-refractivity contribution >= 4 is 5.91 Å². The van der Waals surface area contributed by atoms with Crippen LogP contribution in [0.1, 0.15) is 112 Å². The van der Waals surface area contributed by atoms with Gasteiger partial charge in [-0.3, -0.25) is 4.79 Å². The van der Waals surface area contributed by atoms with Crippen LogP contribution in [-0.2, 0) is 4.79 Å². The van der Waals surface area contributed by atoms with Crippen molar-refractivity contribution in [1.29, 1.82) is 0 Å². The van der Waals surface area contributed by atoms with E-state index in [1.165, 1.54) is 38.5 Å². The summed E-state index contributed by atoms with van der Waals surface area (Å²) in [5.41, 5.74) is 2.37. The lowest BCUT2D eigenvalue weighted by molar-refractivity contribution is -0.131. The average Bonchev–Trinajstić information content (AvgIpc) is 3.15. The summed E-state index contributed by atoms with van der Waals surface area (Å²) in [5, 5.41) is 10.3. The second-order valence-electron chi connectivity index (χ2n) is 12.8. The SMILES string of the molecule is CCCN(CCC)C(=O)CC[C@@H](C)[C@H]1CCC2[C@@H]3CC=C4C[C@@H](O)CC[C@]4(C)C3CC[C@@]21C. The molecule has 0 aromatic carbocycles. The Labute approximate surface area is 203 Å². The number of amides is 1. The maximum Gasteiger partial charge on any atom is 0.222 e. The monoisotopic (exact) mass is 457 g/mol. The molecule has 0 bridgehead atoms. The van der Waals surface area contributed by atoms with Gasteiger partial charge in [-0.25, -0.2) is 0 Å². The van der Waals surface area contributed by atoms with Crippen molar-refractivity contribution in [3.05, 3.63) is 11.6 Å². The molecule has 2 unspecified atom stereocenters. The molecule has 8 atom stereocenters. The lowest BCUT2D eigenvalue weighted by Gasteiger charge is -2.58. The van der Waals surface area contributed by atoms with Crippen LogP contribution in [0.25, 0.3) is 0 Å². The van der Waals surface area contributed by atoms with E-state index in [0.717, 1.165) is 75.3 Å². The molecule has 188 valence electrons. The van der Waals surface area contributed by atoms with Gasteiger partial charge in [0.15, 0.2) is 0 Å². The number of allylic oxidation sites excluding steroid dienone is 1. The maximum absolute atomic E-state index is 12.9. The molecule has 4 aliphatic rings. The van der Waals surface area contributed by atoms with Crippen LogP contribution in [0.5, 0.6) is 0 Å². The van der Waals surface area contributed by atoms with Gasteiger partial charge in [-0.2, -0.15) is 0 Å². The summed E-state index contributed by atoms with van der Waals surface area (Å²) >= 11 is 0. The number of rotatable bonds is 8. The number of nitrogens with zero attached hydrogens (tertiary/aromatic N) is 1. The largest absolute Gasteiger partial charge is 0.393 e. The van der Waals surface area contributed by atoms with Gasteiger partial charge in [0.05, 0.1) is 6.10 Å². The number of carbonyl (C=O) groups excluding carboxylic acids is 1. The summed E-state index contributed by atoms with van der Waals surface area (Å²) in [4.78, 5) is 15.0. The number of hydrogen-bond donors (Lipinski definition) is 1. The third-order valence-electron chi connectivity index (χ3n) is 11.0. The van der Waals surface area contributed by atoms with Crippen LogP contribution in [0, 0.1) is 40.4 Å². The van der Waals surface area contributed by atoms with Crippen LogP contribution >= 0.6 is 0 Å². The molecule has 0 heterocycles. The maximum atomic E-state index is 12.9. The zero-order valence-electron chi connectivity index (χ0n) is 22.2. The Morgan fingerprint density at radius 2 is 1.82 bits per heavy atom. The number of hydrogen-bond acceptors (Lipinski definition) is 2. The van der Waals surface area contributed by atoms with Gasteiger partial charge in [0.2, 0.25) is 5.91 Å². The van der Waals surface area contributed by atoms with Gasteiger partial charge in [0, 0.05) is 19.5 Å². The highest BCUT2D eigenvalue weighted by Crippen LogP contribution is 2.67. The lowest BCUT2D eigenvalue weighted by Crippen LogP contribution is -2.50. The Morgan fingerprint density at radius 3 is 2.52 bits per heavy atom. The van der Waals surface area contributed by atoms with E-state index >= 15 is 0 Å². The third kappa shape index (κ3) is 4.57. The smallest absolute Gasteiger partial charge is 0.222 e. The van der Waals surface area contributed by atoms with E-state index in [-0.39, 0.29) is 6.10 Å². The van der Waals surface area contributed by atoms with Crippen molar-refractivity contribution in [3.63, 3.8) is 0 Å². The third-order valence-corrected chi connectivity index (χ3v) is 11.0. The molecular formula is C30H51NO2. The van der Waals surface area contributed by atoms with Gasteiger partial charge in [-0.05, 0) is 111 Å². The first-order chi connectivity index (χ1) is 15.7. The van der Waals surface area contributed by atoms with Crippen molar-refractivity contribution in [2.45, 2.75) is 118 Å². The van der Waals surface area contributed by atoms with Crippen molar-refractivity contribution in [2.75, 3.05) is 13.1 Å². The van der Waals surface area contributed by atoms with Crippen molar-refractivity contribution in [1.82, 2.24) is 4.90 Å². The Kier molecular flexibility index (Phi) is 7.68. The molecule has 4 aliphatic carbocycles. The Bertz CT molecular complexity index is 725. The minimum Gasteiger partial charge on any atom is -0.393 e. The fourth-order valence-corrected chi connectivity index (χ4v) is 9.23. The quantitative estimate of drug-likeness (QED) is 0.399. The van der Waals surface area contributed by atoms with E-state index in [0.29, 0.717) is 22.7 Å². The minimum atomic E-state index is -0.111. The topological polar surface area (TPSA) is 40.5 Å². The highest BCUT2D eigenvalue weighted by Gasteiger charge is 2.59. The first-order valence-electron chi connectivity index (χ1n) is 14.4. The second kappa shape index (κ2) is 10.0. The first kappa shape index (κ1) is 25.3. The molecule has 1 N–H and O–H groups in total. The number of aliphatic hydroxyl groups excluding tert-OH is 1. The Hall–Kier alpha value is -0.830. The molecule has 33 heavy (non-hydrogen) atoms. The normalized spacial score (nSPS) is 40.9. The zero-order chi connectivity index (χ0) is 23.8. The highest BCUT2D eigenvalue weighted by atomic mass is 16.3. The molecule has 4 rings (SSSR count). The van der Waals surface area contributed by atoms with Crippen LogP contribution in [0.15, 0.2) is 11.6 Å². The number of aliphatic hydroxyl groups is 1. The molecule has 0 spiro atoms. The van der Waals surface area contributed by atoms with Gasteiger partial charge in [-0.15, -0.1) is 0 Å². The molecule has 0 aromatic rings. The second-order valence-corrected chi connectivity index (χ2v) is 12.8. The highest BCUT2D eigenvalue weighted by molar-refractivity contribution is 5.76. The Morgan fingerprint density at radius 1 is 1.09 bits per heavy atom. The van der Waals surface area contributed by atoms with Gasteiger partial charge in [-0.1, -0.05) is 46.3 Å². The molecule has 0 aliphatic heterocycles. The summed E-state index contributed by atoms with van der Waals surface area (Å²) in [5.74, 6) is 4.28. The van der Waals surface area contributed by atoms with Gasteiger partial charge in [0.1, 0.15) is 0 Å². The molecule has 0 saturated heterocycles. The zero-order valence-corrected chi connectivity index (χ0v) is 22.2. The van der Waals surface area contributed by atoms with Crippen molar-refractivity contribution < 1.29 is 9.90 Å². The van der Waals surface area contributed by atoms with E-state index in [2.05, 4.69) is 45.6 Å². The Balaban J connectivity index is 1.42. The van der Waals surface area contributed by atoms with Crippen molar-refractivity contribution in [3.8, 4) is 0 Å². The van der Waals surface area contributed by atoms with E-state index in [4.69, 9.17) is 0 Å². The van der Waals surface area contributed by atoms with Gasteiger partial charge in [0.25, 0.3) is 0 Å². The summed E-state index contributed by atoms with van der Waals surface area (Å²) in [6.07, 6.45) is 16.2. The summed E-state index contributed by atoms with van der Waals surface area (Å²) in [7, 11) is 0. The summed E-state index contributed by atoms with van der Waals surface area (Å²) in [6, 6.07) is 0. The fourth-order valence-electron chi connectivity index (χ4n) is 9.23. The van der Waals surface area contributed by atoms with E-state index < -0.39 is 0 Å². The summed E-state index contributed by atoms with van der Waals surface area (Å²) < 4.78 is 0. The molecule has 3 nitrogen and oxygen atoms in total. The average molecular weight is 458 g/mol. The molecule has 0 radical (unpaired) electrons. The fraction of sp³-hybridized carbons (Fsp3) is 0.900. The lowest BCUT2D eigenvalue weighted by atomic mass is 9.47. The van der Waals surface area contributed by atoms with Crippen LogP contribution < -0.4 is 0 Å².